The summed E-state index contributed by atoms with van der Waals surface area (Å²) in [4.78, 5) is 0.640. The molecule has 6 aromatic carbocycles. The van der Waals surface area contributed by atoms with Gasteiger partial charge in [-0.15, -0.1) is 0 Å². The Hall–Kier alpha value is -5.01. The first-order valence-corrected chi connectivity index (χ1v) is 17.3. The molecule has 0 aromatic heterocycles. The van der Waals surface area contributed by atoms with Crippen LogP contribution in [0.5, 0.6) is 34.5 Å². The summed E-state index contributed by atoms with van der Waals surface area (Å²) in [5.41, 5.74) is 4.79. The summed E-state index contributed by atoms with van der Waals surface area (Å²) in [5.74, 6) is 3.48. The number of benzene rings is 6. The molecule has 0 spiro atoms. The number of rotatable bonds is 15. The summed E-state index contributed by atoms with van der Waals surface area (Å²) in [5, 5.41) is 35.1. The standard InChI is InChI=1S/C42H34N2O7S.Na/c1-3-28-7-5-9-40(38(28)26-43)48-34-18-13-30(14-19-34)29-11-16-33(17-12-29)47-22-21-31-8-6-10-41(39(31)27-44)49-35-20-15-32-23-36(52-51-50-45)25-42(46-4-2)37(32)24-35;/h5-20,23-25,45H,3-4,21-22H2,1-2H3;/q;+1/p-1. The molecule has 0 saturated carbocycles. The van der Waals surface area contributed by atoms with Crippen LogP contribution in [0.15, 0.2) is 120 Å². The van der Waals surface area contributed by atoms with Gasteiger partial charge in [0.05, 0.1) is 36.4 Å². The van der Waals surface area contributed by atoms with Crippen LogP contribution in [-0.2, 0) is 22.2 Å². The van der Waals surface area contributed by atoms with Gasteiger partial charge in [0.1, 0.15) is 46.6 Å². The second kappa shape index (κ2) is 19.2. The monoisotopic (exact) mass is 732 g/mol. The maximum absolute atomic E-state index is 10.3. The zero-order valence-electron chi connectivity index (χ0n) is 29.5. The van der Waals surface area contributed by atoms with E-state index in [1.807, 2.05) is 111 Å². The van der Waals surface area contributed by atoms with E-state index in [-0.39, 0.29) is 29.6 Å². The molecule has 260 valence electrons. The van der Waals surface area contributed by atoms with Crippen LogP contribution in [-0.4, -0.2) is 13.2 Å². The van der Waals surface area contributed by atoms with E-state index < -0.39 is 0 Å². The van der Waals surface area contributed by atoms with Gasteiger partial charge in [-0.1, -0.05) is 61.5 Å². The predicted molar refractivity (Wildman–Crippen MR) is 196 cm³/mol. The summed E-state index contributed by atoms with van der Waals surface area (Å²) >= 11 is 0.792. The molecule has 0 fully saturated rings. The third-order valence-electron chi connectivity index (χ3n) is 8.29. The third-order valence-corrected chi connectivity index (χ3v) is 8.84. The molecule has 0 aliphatic carbocycles. The van der Waals surface area contributed by atoms with Crippen molar-refractivity contribution in [1.82, 2.24) is 0 Å². The second-order valence-electron chi connectivity index (χ2n) is 11.5. The maximum Gasteiger partial charge on any atom is 1.00 e. The summed E-state index contributed by atoms with van der Waals surface area (Å²) in [6.07, 6.45) is 1.26. The molecule has 0 bridgehead atoms. The fourth-order valence-corrected chi connectivity index (χ4v) is 6.22. The zero-order chi connectivity index (χ0) is 36.3. The van der Waals surface area contributed by atoms with Gasteiger partial charge >= 0.3 is 29.6 Å². The van der Waals surface area contributed by atoms with Crippen LogP contribution in [0.1, 0.15) is 36.1 Å². The number of fused-ring (bicyclic) bond motifs is 1. The maximum atomic E-state index is 10.3. The molecule has 6 rings (SSSR count). The molecule has 0 radical (unpaired) electrons. The van der Waals surface area contributed by atoms with Crippen molar-refractivity contribution in [1.29, 1.82) is 10.5 Å². The van der Waals surface area contributed by atoms with Crippen molar-refractivity contribution in [2.75, 3.05) is 13.2 Å². The van der Waals surface area contributed by atoms with Gasteiger partial charge in [0, 0.05) is 16.7 Å². The Bertz CT molecular complexity index is 2250. The van der Waals surface area contributed by atoms with Gasteiger partial charge in [0.15, 0.2) is 0 Å². The Morgan fingerprint density at radius 2 is 1.25 bits per heavy atom. The van der Waals surface area contributed by atoms with Crippen molar-refractivity contribution in [2.24, 2.45) is 0 Å². The van der Waals surface area contributed by atoms with E-state index in [1.54, 1.807) is 18.2 Å². The Morgan fingerprint density at radius 1 is 0.642 bits per heavy atom. The van der Waals surface area contributed by atoms with Crippen LogP contribution >= 0.6 is 12.0 Å². The number of hydrogen-bond acceptors (Lipinski definition) is 10. The van der Waals surface area contributed by atoms with Gasteiger partial charge in [-0.05, 0) is 102 Å². The van der Waals surface area contributed by atoms with E-state index in [2.05, 4.69) is 21.5 Å². The van der Waals surface area contributed by atoms with Crippen molar-refractivity contribution in [3.05, 3.63) is 138 Å². The first kappa shape index (κ1) is 39.2. The van der Waals surface area contributed by atoms with Crippen LogP contribution in [0.4, 0.5) is 0 Å². The number of aryl methyl sites for hydroxylation is 1. The fourth-order valence-electron chi connectivity index (χ4n) is 5.79. The van der Waals surface area contributed by atoms with E-state index in [0.717, 1.165) is 51.5 Å². The van der Waals surface area contributed by atoms with E-state index in [0.29, 0.717) is 70.2 Å². The summed E-state index contributed by atoms with van der Waals surface area (Å²) in [6.45, 7) is 4.70. The average molecular weight is 733 g/mol. The predicted octanol–water partition coefficient (Wildman–Crippen LogP) is 6.65. The molecule has 0 atom stereocenters. The van der Waals surface area contributed by atoms with E-state index >= 15 is 0 Å². The Balaban J connectivity index is 0.00000541. The van der Waals surface area contributed by atoms with Crippen LogP contribution in [0, 0.1) is 22.7 Å². The number of nitriles is 2. The smallest absolute Gasteiger partial charge is 0.691 e. The van der Waals surface area contributed by atoms with Crippen LogP contribution in [0.2, 0.25) is 0 Å². The minimum absolute atomic E-state index is 0. The van der Waals surface area contributed by atoms with Crippen molar-refractivity contribution in [3.8, 4) is 57.8 Å². The first-order chi connectivity index (χ1) is 25.5. The van der Waals surface area contributed by atoms with Crippen LogP contribution in [0.3, 0.4) is 0 Å². The molecule has 0 aliphatic rings. The van der Waals surface area contributed by atoms with Gasteiger partial charge in [-0.3, -0.25) is 5.04 Å². The molecule has 0 saturated heterocycles. The normalized spacial score (nSPS) is 10.5. The Kier molecular flexibility index (Phi) is 14.2. The van der Waals surface area contributed by atoms with Crippen molar-refractivity contribution in [2.45, 2.75) is 31.6 Å². The van der Waals surface area contributed by atoms with Gasteiger partial charge in [-0.25, -0.2) is 0 Å². The minimum atomic E-state index is 0. The second-order valence-corrected chi connectivity index (χ2v) is 12.2. The number of ether oxygens (including phenoxy) is 4. The summed E-state index contributed by atoms with van der Waals surface area (Å²) < 4.78 is 28.6. The quantitative estimate of drug-likeness (QED) is 0.0490. The van der Waals surface area contributed by atoms with E-state index in [1.165, 1.54) is 0 Å². The van der Waals surface area contributed by atoms with Crippen molar-refractivity contribution in [3.63, 3.8) is 0 Å². The molecular formula is C42H33N2NaO7S. The minimum Gasteiger partial charge on any atom is -0.691 e. The molecule has 0 heterocycles. The largest absolute Gasteiger partial charge is 1.00 e. The summed E-state index contributed by atoms with van der Waals surface area (Å²) in [7, 11) is 0. The SMILES string of the molecule is CCOc1cc(SOO[O-])cc2ccc(Oc3cccc(CCOc4ccc(-c5ccc(Oc6cccc(CC)c6C#N)cc5)cc4)c3C#N)cc12.[Na+]. The van der Waals surface area contributed by atoms with Crippen LogP contribution in [0.25, 0.3) is 21.9 Å². The molecule has 53 heavy (non-hydrogen) atoms. The molecule has 0 amide bonds. The van der Waals surface area contributed by atoms with Gasteiger partial charge in [0.25, 0.3) is 0 Å². The Morgan fingerprint density at radius 3 is 1.87 bits per heavy atom. The van der Waals surface area contributed by atoms with Crippen molar-refractivity contribution >= 4 is 22.8 Å². The fraction of sp³-hybridized carbons (Fsp3) is 0.143. The van der Waals surface area contributed by atoms with Gasteiger partial charge < -0.3 is 24.2 Å². The molecule has 0 N–H and O–H groups in total. The molecule has 11 heteroatoms. The Labute approximate surface area is 334 Å². The molecule has 0 unspecified atom stereocenters. The van der Waals surface area contributed by atoms with Gasteiger partial charge in [0.2, 0.25) is 0 Å². The van der Waals surface area contributed by atoms with E-state index in [4.69, 9.17) is 18.9 Å². The van der Waals surface area contributed by atoms with Gasteiger partial charge in [-0.2, -0.15) is 14.9 Å². The zero-order valence-corrected chi connectivity index (χ0v) is 32.3. The number of nitrogens with zero attached hydrogens (tertiary/aromatic N) is 2. The molecule has 0 aliphatic heterocycles. The third kappa shape index (κ3) is 9.71. The topological polar surface area (TPSA) is 126 Å². The summed E-state index contributed by atoms with van der Waals surface area (Å²) in [6, 6.07) is 40.4. The molecule has 9 nitrogen and oxygen atoms in total. The van der Waals surface area contributed by atoms with E-state index in [9.17, 15) is 15.8 Å². The molecule has 6 aromatic rings. The average Bonchev–Trinajstić information content (AvgIpc) is 3.18. The first-order valence-electron chi connectivity index (χ1n) is 16.6. The van der Waals surface area contributed by atoms with Crippen molar-refractivity contribution < 1.29 is 63.1 Å². The van der Waals surface area contributed by atoms with Crippen LogP contribution < -0.4 is 53.8 Å². The molecular weight excluding hydrogens is 700 g/mol. The number of hydrogen-bond donors (Lipinski definition) is 0.